The zero-order chi connectivity index (χ0) is 14.0. The number of carbonyl (C=O) groups excluding carboxylic acids is 3. The van der Waals surface area contributed by atoms with Gasteiger partial charge in [0.15, 0.2) is 0 Å². The summed E-state index contributed by atoms with van der Waals surface area (Å²) in [6, 6.07) is 0. The Labute approximate surface area is 108 Å². The molecule has 102 valence electrons. The monoisotopic (exact) mass is 266 g/mol. The molecule has 0 radical (unpaired) electrons. The molecule has 5 N–H and O–H groups in total. The molecule has 1 aliphatic carbocycles. The molecular formula is C10H14N6O3. The topological polar surface area (TPSA) is 148 Å². The van der Waals surface area contributed by atoms with Crippen LogP contribution in [0.1, 0.15) is 35.2 Å². The summed E-state index contributed by atoms with van der Waals surface area (Å²) in [7, 11) is 0. The molecule has 2 rings (SSSR count). The quantitative estimate of drug-likeness (QED) is 0.549. The summed E-state index contributed by atoms with van der Waals surface area (Å²) in [6.07, 6.45) is 2.02. The average Bonchev–Trinajstić information content (AvgIpc) is 3.04. The maximum Gasteiger partial charge on any atom is 0.294 e. The van der Waals surface area contributed by atoms with E-state index in [1.807, 2.05) is 0 Å². The van der Waals surface area contributed by atoms with Gasteiger partial charge in [-0.3, -0.25) is 19.5 Å². The summed E-state index contributed by atoms with van der Waals surface area (Å²) < 4.78 is 0. The van der Waals surface area contributed by atoms with E-state index in [1.165, 1.54) is 0 Å². The Balaban J connectivity index is 2.11. The lowest BCUT2D eigenvalue weighted by molar-refractivity contribution is -0.121. The van der Waals surface area contributed by atoms with Crippen LogP contribution < -0.4 is 11.5 Å². The van der Waals surface area contributed by atoms with Crippen LogP contribution in [0, 0.1) is 0 Å². The van der Waals surface area contributed by atoms with Crippen LogP contribution in [0.2, 0.25) is 0 Å². The van der Waals surface area contributed by atoms with Crippen molar-refractivity contribution in [3.05, 3.63) is 11.6 Å². The minimum Gasteiger partial charge on any atom is -0.368 e. The Morgan fingerprint density at radius 3 is 2.26 bits per heavy atom. The molecule has 0 unspecified atom stereocenters. The summed E-state index contributed by atoms with van der Waals surface area (Å²) in [5, 5.41) is 6.45. The van der Waals surface area contributed by atoms with Gasteiger partial charge in [-0.25, -0.2) is 4.98 Å². The van der Waals surface area contributed by atoms with Gasteiger partial charge in [0.2, 0.25) is 17.6 Å². The van der Waals surface area contributed by atoms with E-state index >= 15 is 0 Å². The van der Waals surface area contributed by atoms with Crippen LogP contribution in [0.4, 0.5) is 0 Å². The molecule has 1 fully saturated rings. The average molecular weight is 266 g/mol. The Bertz CT molecular complexity index is 505. The van der Waals surface area contributed by atoms with E-state index in [0.29, 0.717) is 11.7 Å². The van der Waals surface area contributed by atoms with E-state index in [4.69, 9.17) is 11.5 Å². The predicted octanol–water partition coefficient (Wildman–Crippen LogP) is -1.91. The van der Waals surface area contributed by atoms with Crippen molar-refractivity contribution in [1.82, 2.24) is 20.1 Å². The highest BCUT2D eigenvalue weighted by Crippen LogP contribution is 2.37. The maximum atomic E-state index is 12.0. The third-order valence-electron chi connectivity index (χ3n) is 2.64. The van der Waals surface area contributed by atoms with Gasteiger partial charge in [0.25, 0.3) is 5.91 Å². The van der Waals surface area contributed by atoms with Gasteiger partial charge in [0.05, 0.1) is 0 Å². The lowest BCUT2D eigenvalue weighted by Gasteiger charge is -2.17. The van der Waals surface area contributed by atoms with Gasteiger partial charge >= 0.3 is 0 Å². The minimum atomic E-state index is -0.743. The van der Waals surface area contributed by atoms with Crippen molar-refractivity contribution < 1.29 is 14.4 Å². The van der Waals surface area contributed by atoms with Crippen LogP contribution in [0.3, 0.4) is 0 Å². The molecule has 19 heavy (non-hydrogen) atoms. The molecular weight excluding hydrogens is 252 g/mol. The van der Waals surface area contributed by atoms with E-state index in [-0.39, 0.29) is 5.82 Å². The summed E-state index contributed by atoms with van der Waals surface area (Å²) in [4.78, 5) is 38.8. The first-order valence-corrected chi connectivity index (χ1v) is 5.75. The van der Waals surface area contributed by atoms with Crippen LogP contribution >= 0.6 is 0 Å². The highest BCUT2D eigenvalue weighted by molar-refractivity contribution is 5.95. The van der Waals surface area contributed by atoms with E-state index < -0.39 is 30.8 Å². The molecule has 1 aromatic heterocycles. The Kier molecular flexibility index (Phi) is 3.45. The number of primary amides is 2. The van der Waals surface area contributed by atoms with Gasteiger partial charge in [-0.05, 0) is 12.8 Å². The molecule has 9 nitrogen and oxygen atoms in total. The summed E-state index contributed by atoms with van der Waals surface area (Å²) in [5.74, 6) is -1.28. The number of rotatable bonds is 6. The third kappa shape index (κ3) is 3.27. The number of amides is 3. The number of carbonyl (C=O) groups is 3. The number of aromatic nitrogens is 3. The van der Waals surface area contributed by atoms with Crippen molar-refractivity contribution in [2.24, 2.45) is 11.5 Å². The first-order chi connectivity index (χ1) is 8.97. The molecule has 1 saturated carbocycles. The Morgan fingerprint density at radius 1 is 1.21 bits per heavy atom. The fourth-order valence-electron chi connectivity index (χ4n) is 1.63. The molecule has 0 atom stereocenters. The number of hydrogen-bond donors (Lipinski definition) is 3. The fraction of sp³-hybridized carbons (Fsp3) is 0.500. The minimum absolute atomic E-state index is 0.0931. The molecule has 3 amide bonds. The highest BCUT2D eigenvalue weighted by Gasteiger charge is 2.29. The summed E-state index contributed by atoms with van der Waals surface area (Å²) in [6.45, 7) is -0.815. The van der Waals surface area contributed by atoms with Crippen molar-refractivity contribution in [3.8, 4) is 0 Å². The van der Waals surface area contributed by atoms with Gasteiger partial charge in [0.1, 0.15) is 18.9 Å². The zero-order valence-electron chi connectivity index (χ0n) is 10.1. The molecule has 1 aromatic rings. The number of nitrogens with one attached hydrogen (secondary N) is 1. The second-order valence-electron chi connectivity index (χ2n) is 4.41. The van der Waals surface area contributed by atoms with Gasteiger partial charge in [-0.1, -0.05) is 0 Å². The molecule has 1 aliphatic rings. The molecule has 0 aliphatic heterocycles. The van der Waals surface area contributed by atoms with Crippen molar-refractivity contribution >= 4 is 17.7 Å². The van der Waals surface area contributed by atoms with Gasteiger partial charge in [-0.2, -0.15) is 0 Å². The summed E-state index contributed by atoms with van der Waals surface area (Å²) in [5.41, 5.74) is 10.0. The standard InChI is InChI=1S/C10H14N6O3/c11-6(17)3-16(4-7(12)18)10(19)9-13-8(14-15-9)5-1-2-5/h5H,1-4H2,(H2,11,17)(H2,12,18)(H,13,14,15). The number of nitrogens with two attached hydrogens (primary N) is 2. The molecule has 0 spiro atoms. The van der Waals surface area contributed by atoms with Gasteiger partial charge in [0, 0.05) is 5.92 Å². The van der Waals surface area contributed by atoms with Crippen molar-refractivity contribution in [2.45, 2.75) is 18.8 Å². The number of H-pyrrole nitrogens is 1. The predicted molar refractivity (Wildman–Crippen MR) is 62.7 cm³/mol. The van der Waals surface area contributed by atoms with E-state index in [1.54, 1.807) is 0 Å². The van der Waals surface area contributed by atoms with Gasteiger partial charge < -0.3 is 16.4 Å². The second-order valence-corrected chi connectivity index (χ2v) is 4.41. The molecule has 1 heterocycles. The maximum absolute atomic E-state index is 12.0. The Hall–Kier alpha value is -2.45. The van der Waals surface area contributed by atoms with E-state index in [2.05, 4.69) is 15.2 Å². The van der Waals surface area contributed by atoms with Crippen molar-refractivity contribution in [3.63, 3.8) is 0 Å². The first-order valence-electron chi connectivity index (χ1n) is 5.75. The lowest BCUT2D eigenvalue weighted by Crippen LogP contribution is -2.43. The smallest absolute Gasteiger partial charge is 0.294 e. The van der Waals surface area contributed by atoms with E-state index in [0.717, 1.165) is 17.7 Å². The number of aromatic amines is 1. The number of nitrogens with zero attached hydrogens (tertiary/aromatic N) is 3. The van der Waals surface area contributed by atoms with E-state index in [9.17, 15) is 14.4 Å². The largest absolute Gasteiger partial charge is 0.368 e. The van der Waals surface area contributed by atoms with Crippen LogP contribution in [-0.4, -0.2) is 50.9 Å². The number of hydrogen-bond acceptors (Lipinski definition) is 5. The first kappa shape index (κ1) is 13.0. The highest BCUT2D eigenvalue weighted by atomic mass is 16.2. The fourth-order valence-corrected chi connectivity index (χ4v) is 1.63. The van der Waals surface area contributed by atoms with Crippen LogP contribution in [0.5, 0.6) is 0 Å². The summed E-state index contributed by atoms with van der Waals surface area (Å²) >= 11 is 0. The SMILES string of the molecule is NC(=O)CN(CC(N)=O)C(=O)c1n[nH]c(C2CC2)n1. The normalized spacial score (nSPS) is 14.1. The lowest BCUT2D eigenvalue weighted by atomic mass is 10.4. The Morgan fingerprint density at radius 2 is 1.79 bits per heavy atom. The van der Waals surface area contributed by atoms with Crippen molar-refractivity contribution in [1.29, 1.82) is 0 Å². The van der Waals surface area contributed by atoms with Gasteiger partial charge in [-0.15, -0.1) is 5.10 Å². The third-order valence-corrected chi connectivity index (χ3v) is 2.64. The van der Waals surface area contributed by atoms with Crippen LogP contribution in [0.25, 0.3) is 0 Å². The molecule has 0 bridgehead atoms. The van der Waals surface area contributed by atoms with Crippen LogP contribution in [-0.2, 0) is 9.59 Å². The van der Waals surface area contributed by atoms with Crippen molar-refractivity contribution in [2.75, 3.05) is 13.1 Å². The molecule has 9 heteroatoms. The second kappa shape index (κ2) is 5.04. The van der Waals surface area contributed by atoms with Crippen LogP contribution in [0.15, 0.2) is 0 Å². The molecule has 0 aromatic carbocycles. The molecule has 0 saturated heterocycles. The zero-order valence-corrected chi connectivity index (χ0v) is 10.1.